The lowest BCUT2D eigenvalue weighted by Crippen LogP contribution is -2.37. The number of nitriles is 1. The third kappa shape index (κ3) is 4.38. The Labute approximate surface area is 185 Å². The second-order valence-electron chi connectivity index (χ2n) is 9.22. The molecule has 1 aromatic heterocycles. The molecule has 6 heteroatoms. The molecule has 31 heavy (non-hydrogen) atoms. The van der Waals surface area contributed by atoms with Gasteiger partial charge in [0.05, 0.1) is 23.0 Å². The Kier molecular flexibility index (Phi) is 6.15. The molecule has 0 bridgehead atoms. The predicted molar refractivity (Wildman–Crippen MR) is 122 cm³/mol. The highest BCUT2D eigenvalue weighted by Gasteiger charge is 2.36. The molecule has 6 nitrogen and oxygen atoms in total. The number of nitrogens with one attached hydrogen (secondary N) is 1. The topological polar surface area (TPSA) is 74.0 Å². The van der Waals surface area contributed by atoms with Gasteiger partial charge in [-0.15, -0.1) is 0 Å². The zero-order valence-corrected chi connectivity index (χ0v) is 19.1. The zero-order chi connectivity index (χ0) is 22.1. The highest BCUT2D eigenvalue weighted by molar-refractivity contribution is 5.76. The summed E-state index contributed by atoms with van der Waals surface area (Å²) in [6.07, 6.45) is 3.97. The van der Waals surface area contributed by atoms with E-state index in [1.807, 2.05) is 36.1 Å². The molecule has 1 saturated carbocycles. The van der Waals surface area contributed by atoms with Crippen LogP contribution in [0.25, 0.3) is 11.3 Å². The Morgan fingerprint density at radius 1 is 1.23 bits per heavy atom. The van der Waals surface area contributed by atoms with Crippen molar-refractivity contribution in [3.63, 3.8) is 0 Å². The lowest BCUT2D eigenvalue weighted by Gasteiger charge is -2.24. The highest BCUT2D eigenvalue weighted by Crippen LogP contribution is 2.48. The fraction of sp³-hybridized carbons (Fsp3) is 0.560. The van der Waals surface area contributed by atoms with Crippen LogP contribution in [0.2, 0.25) is 0 Å². The van der Waals surface area contributed by atoms with E-state index < -0.39 is 0 Å². The Hall–Kier alpha value is -2.65. The van der Waals surface area contributed by atoms with E-state index in [1.165, 1.54) is 24.1 Å². The first kappa shape index (κ1) is 21.6. The van der Waals surface area contributed by atoms with Crippen molar-refractivity contribution in [2.75, 3.05) is 13.1 Å². The molecule has 2 aliphatic rings. The number of nitrogens with zero attached hydrogens (tertiary/aromatic N) is 4. The third-order valence-corrected chi connectivity index (χ3v) is 6.49. The average Bonchev–Trinajstić information content (AvgIpc) is 3.36. The molecule has 1 saturated heterocycles. The van der Waals surface area contributed by atoms with Crippen LogP contribution >= 0.6 is 0 Å². The van der Waals surface area contributed by atoms with Crippen molar-refractivity contribution < 1.29 is 4.79 Å². The Bertz CT molecular complexity index is 981. The van der Waals surface area contributed by atoms with Gasteiger partial charge in [-0.25, -0.2) is 0 Å². The van der Waals surface area contributed by atoms with Gasteiger partial charge in [-0.3, -0.25) is 9.48 Å². The van der Waals surface area contributed by atoms with Crippen LogP contribution in [-0.4, -0.2) is 39.7 Å². The van der Waals surface area contributed by atoms with Gasteiger partial charge >= 0.3 is 0 Å². The van der Waals surface area contributed by atoms with E-state index in [0.29, 0.717) is 23.9 Å². The molecule has 2 heterocycles. The summed E-state index contributed by atoms with van der Waals surface area (Å²) in [5.41, 5.74) is 5.44. The molecule has 1 N–H and O–H groups in total. The van der Waals surface area contributed by atoms with Crippen LogP contribution in [0.3, 0.4) is 0 Å². The van der Waals surface area contributed by atoms with E-state index in [9.17, 15) is 4.79 Å². The molecule has 2 fully saturated rings. The first-order valence-corrected chi connectivity index (χ1v) is 11.6. The summed E-state index contributed by atoms with van der Waals surface area (Å²) in [6, 6.07) is 10.7. The van der Waals surface area contributed by atoms with Gasteiger partial charge < -0.3 is 10.2 Å². The number of benzene rings is 1. The number of rotatable bonds is 7. The fourth-order valence-electron chi connectivity index (χ4n) is 4.75. The van der Waals surface area contributed by atoms with Crippen molar-refractivity contribution in [1.82, 2.24) is 20.0 Å². The monoisotopic (exact) mass is 419 g/mol. The molecule has 4 rings (SSSR count). The quantitative estimate of drug-likeness (QED) is 0.715. The fourth-order valence-corrected chi connectivity index (χ4v) is 4.75. The summed E-state index contributed by atoms with van der Waals surface area (Å²) in [5, 5.41) is 18.0. The smallest absolute Gasteiger partial charge is 0.222 e. The van der Waals surface area contributed by atoms with Crippen molar-refractivity contribution in [3.05, 3.63) is 41.1 Å². The summed E-state index contributed by atoms with van der Waals surface area (Å²) in [4.78, 5) is 14.1. The van der Waals surface area contributed by atoms with Crippen LogP contribution in [0, 0.1) is 11.3 Å². The molecule has 0 spiro atoms. The van der Waals surface area contributed by atoms with Gasteiger partial charge in [0.15, 0.2) is 0 Å². The van der Waals surface area contributed by atoms with Crippen LogP contribution in [0.4, 0.5) is 0 Å². The first-order valence-electron chi connectivity index (χ1n) is 11.6. The van der Waals surface area contributed by atoms with Gasteiger partial charge in [-0.1, -0.05) is 19.1 Å². The summed E-state index contributed by atoms with van der Waals surface area (Å²) in [6.45, 7) is 10.1. The Morgan fingerprint density at radius 3 is 2.52 bits per heavy atom. The summed E-state index contributed by atoms with van der Waals surface area (Å²) < 4.78 is 2.18. The van der Waals surface area contributed by atoms with E-state index in [1.54, 1.807) is 0 Å². The van der Waals surface area contributed by atoms with Crippen molar-refractivity contribution in [3.8, 4) is 17.3 Å². The van der Waals surface area contributed by atoms with Gasteiger partial charge in [0.25, 0.3) is 0 Å². The maximum absolute atomic E-state index is 12.1. The van der Waals surface area contributed by atoms with E-state index >= 15 is 0 Å². The van der Waals surface area contributed by atoms with Gasteiger partial charge in [-0.05, 0) is 58.1 Å². The lowest BCUT2D eigenvalue weighted by atomic mass is 9.98. The van der Waals surface area contributed by atoms with Crippen LogP contribution in [0.1, 0.15) is 88.2 Å². The molecule has 1 amide bonds. The number of amides is 1. The van der Waals surface area contributed by atoms with Crippen molar-refractivity contribution in [2.45, 2.75) is 77.4 Å². The molecular weight excluding hydrogens is 386 g/mol. The van der Waals surface area contributed by atoms with E-state index in [-0.39, 0.29) is 18.0 Å². The van der Waals surface area contributed by atoms with Crippen LogP contribution in [-0.2, 0) is 4.79 Å². The first-order chi connectivity index (χ1) is 14.9. The molecular formula is C25H33N5O. The molecule has 1 aromatic carbocycles. The van der Waals surface area contributed by atoms with Crippen LogP contribution < -0.4 is 5.32 Å². The number of hydrogen-bond donors (Lipinski definition) is 1. The molecule has 2 atom stereocenters. The zero-order valence-electron chi connectivity index (χ0n) is 19.1. The van der Waals surface area contributed by atoms with Crippen molar-refractivity contribution in [2.24, 2.45) is 0 Å². The van der Waals surface area contributed by atoms with Crippen molar-refractivity contribution in [1.29, 1.82) is 5.26 Å². The second kappa shape index (κ2) is 8.84. The third-order valence-electron chi connectivity index (χ3n) is 6.49. The maximum atomic E-state index is 12.1. The van der Waals surface area contributed by atoms with E-state index in [2.05, 4.69) is 36.8 Å². The number of hydrogen-bond acceptors (Lipinski definition) is 4. The number of carbonyl (C=O) groups is 1. The summed E-state index contributed by atoms with van der Waals surface area (Å²) in [7, 11) is 0. The molecule has 1 aliphatic carbocycles. The van der Waals surface area contributed by atoms with Gasteiger partial charge in [0, 0.05) is 48.8 Å². The molecule has 164 valence electrons. The largest absolute Gasteiger partial charge is 0.341 e. The summed E-state index contributed by atoms with van der Waals surface area (Å²) in [5.74, 6) is 0.796. The average molecular weight is 420 g/mol. The van der Waals surface area contributed by atoms with E-state index in [4.69, 9.17) is 10.4 Å². The standard InChI is InChI=1S/C25H33N5O/c1-5-22(31)29-13-12-21(15-29)27-17(4)25-23(19-10-11-19)24(28-30(25)16(2)3)20-8-6-18(14-26)7-9-20/h6-9,16-17,19,21,27H,5,10-13,15H2,1-4H3/t17?,21-/m1/s1. The van der Waals surface area contributed by atoms with Crippen molar-refractivity contribution >= 4 is 5.91 Å². The Balaban J connectivity index is 1.65. The Morgan fingerprint density at radius 2 is 1.94 bits per heavy atom. The normalized spacial score (nSPS) is 19.6. The number of aromatic nitrogens is 2. The van der Waals surface area contributed by atoms with Crippen LogP contribution in [0.15, 0.2) is 24.3 Å². The highest BCUT2D eigenvalue weighted by atomic mass is 16.2. The SMILES string of the molecule is CCC(=O)N1CC[C@@H](NC(C)c2c(C3CC3)c(-c3ccc(C#N)cc3)nn2C(C)C)C1. The molecule has 1 aliphatic heterocycles. The minimum Gasteiger partial charge on any atom is -0.341 e. The number of likely N-dealkylation sites (tertiary alicyclic amines) is 1. The van der Waals surface area contributed by atoms with Crippen LogP contribution in [0.5, 0.6) is 0 Å². The lowest BCUT2D eigenvalue weighted by molar-refractivity contribution is -0.129. The van der Waals surface area contributed by atoms with Gasteiger partial charge in [-0.2, -0.15) is 10.4 Å². The number of carbonyl (C=O) groups excluding carboxylic acids is 1. The molecule has 1 unspecified atom stereocenters. The predicted octanol–water partition coefficient (Wildman–Crippen LogP) is 4.54. The van der Waals surface area contributed by atoms with Gasteiger partial charge in [0.1, 0.15) is 0 Å². The summed E-state index contributed by atoms with van der Waals surface area (Å²) >= 11 is 0. The minimum atomic E-state index is 0.152. The minimum absolute atomic E-state index is 0.152. The molecule has 0 radical (unpaired) electrons. The van der Waals surface area contributed by atoms with Gasteiger partial charge in [0.2, 0.25) is 5.91 Å². The maximum Gasteiger partial charge on any atom is 0.222 e. The van der Waals surface area contributed by atoms with E-state index in [0.717, 1.165) is 30.8 Å². The molecule has 2 aromatic rings. The second-order valence-corrected chi connectivity index (χ2v) is 9.22.